The minimum atomic E-state index is -0.226. The van der Waals surface area contributed by atoms with E-state index in [0.29, 0.717) is 18.0 Å². The van der Waals surface area contributed by atoms with Gasteiger partial charge in [-0.2, -0.15) is 0 Å². The van der Waals surface area contributed by atoms with Crippen molar-refractivity contribution in [3.8, 4) is 11.5 Å². The first-order chi connectivity index (χ1) is 15.0. The highest BCUT2D eigenvalue weighted by atomic mass is 35.5. The molecule has 31 heavy (non-hydrogen) atoms. The molecule has 0 fully saturated rings. The van der Waals surface area contributed by atoms with E-state index in [4.69, 9.17) is 21.1 Å². The predicted octanol–water partition coefficient (Wildman–Crippen LogP) is 5.01. The molecule has 162 valence electrons. The van der Waals surface area contributed by atoms with Crippen LogP contribution in [-0.2, 0) is 17.8 Å². The molecule has 0 bridgehead atoms. The number of hydrogen-bond acceptors (Lipinski definition) is 4. The molecule has 6 heteroatoms. The van der Waals surface area contributed by atoms with Crippen LogP contribution in [0.2, 0.25) is 5.02 Å². The van der Waals surface area contributed by atoms with Crippen molar-refractivity contribution < 1.29 is 14.3 Å². The number of ether oxygens (including phenoxy) is 2. The molecule has 5 nitrogen and oxygen atoms in total. The lowest BCUT2D eigenvalue weighted by Crippen LogP contribution is -2.22. The van der Waals surface area contributed by atoms with Crippen LogP contribution in [0.3, 0.4) is 0 Å². The molecular formula is C25H27ClN2O3. The minimum Gasteiger partial charge on any atom is -0.493 e. The summed E-state index contributed by atoms with van der Waals surface area (Å²) in [4.78, 5) is 12.3. The van der Waals surface area contributed by atoms with Gasteiger partial charge in [-0.15, -0.1) is 0 Å². The van der Waals surface area contributed by atoms with E-state index in [1.54, 1.807) is 7.11 Å². The van der Waals surface area contributed by atoms with E-state index >= 15 is 0 Å². The Morgan fingerprint density at radius 3 is 2.45 bits per heavy atom. The number of para-hydroxylation sites is 1. The van der Waals surface area contributed by atoms with Gasteiger partial charge in [-0.25, -0.2) is 0 Å². The molecule has 0 heterocycles. The average molecular weight is 439 g/mol. The smallest absolute Gasteiger partial charge is 0.262 e. The Hall–Kier alpha value is -3.02. The third-order valence-corrected chi connectivity index (χ3v) is 5.03. The first kappa shape index (κ1) is 22.7. The second-order valence-corrected chi connectivity index (χ2v) is 7.64. The molecule has 1 amide bonds. The van der Waals surface area contributed by atoms with Gasteiger partial charge in [0.1, 0.15) is 0 Å². The van der Waals surface area contributed by atoms with E-state index in [9.17, 15) is 4.79 Å². The summed E-state index contributed by atoms with van der Waals surface area (Å²) in [7, 11) is 1.59. The van der Waals surface area contributed by atoms with Crippen LogP contribution in [0.5, 0.6) is 11.5 Å². The number of methoxy groups -OCH3 is 1. The first-order valence-corrected chi connectivity index (χ1v) is 10.5. The zero-order valence-corrected chi connectivity index (χ0v) is 18.5. The van der Waals surface area contributed by atoms with Gasteiger partial charge >= 0.3 is 0 Å². The highest BCUT2D eigenvalue weighted by Gasteiger charge is 2.13. The highest BCUT2D eigenvalue weighted by molar-refractivity contribution is 6.30. The molecule has 0 radical (unpaired) electrons. The van der Waals surface area contributed by atoms with Crippen LogP contribution in [0.1, 0.15) is 16.7 Å². The fourth-order valence-corrected chi connectivity index (χ4v) is 3.23. The standard InChI is InChI=1S/C25H27ClN2O3/c1-18-6-12-22(13-7-18)28-24(29)17-31-25-20(4-3-5-23(25)30-2)16-27-15-14-19-8-10-21(26)11-9-19/h3-13,27H,14-17H2,1-2H3,(H,28,29). The Kier molecular flexibility index (Phi) is 8.33. The number of halogens is 1. The van der Waals surface area contributed by atoms with E-state index in [1.807, 2.05) is 73.7 Å². The topological polar surface area (TPSA) is 59.6 Å². The van der Waals surface area contributed by atoms with E-state index < -0.39 is 0 Å². The maximum atomic E-state index is 12.3. The number of anilines is 1. The van der Waals surface area contributed by atoms with Crippen molar-refractivity contribution in [2.45, 2.75) is 19.9 Å². The third-order valence-electron chi connectivity index (χ3n) is 4.78. The number of aryl methyl sites for hydroxylation is 1. The summed E-state index contributed by atoms with van der Waals surface area (Å²) in [5.41, 5.74) is 4.02. The van der Waals surface area contributed by atoms with Crippen molar-refractivity contribution in [2.75, 3.05) is 25.6 Å². The van der Waals surface area contributed by atoms with Gasteiger partial charge < -0.3 is 20.1 Å². The molecule has 3 aromatic rings. The van der Waals surface area contributed by atoms with Crippen LogP contribution in [-0.4, -0.2) is 26.2 Å². The SMILES string of the molecule is COc1cccc(CNCCc2ccc(Cl)cc2)c1OCC(=O)Nc1ccc(C)cc1. The van der Waals surface area contributed by atoms with Crippen molar-refractivity contribution in [3.05, 3.63) is 88.4 Å². The molecule has 0 spiro atoms. The Morgan fingerprint density at radius 1 is 1.00 bits per heavy atom. The summed E-state index contributed by atoms with van der Waals surface area (Å²) in [5.74, 6) is 0.944. The normalized spacial score (nSPS) is 10.5. The molecule has 0 unspecified atom stereocenters. The van der Waals surface area contributed by atoms with Crippen molar-refractivity contribution in [1.82, 2.24) is 5.32 Å². The number of hydrogen-bond donors (Lipinski definition) is 2. The Balaban J connectivity index is 1.55. The Morgan fingerprint density at radius 2 is 1.74 bits per heavy atom. The van der Waals surface area contributed by atoms with Crippen LogP contribution in [0.15, 0.2) is 66.7 Å². The second kappa shape index (κ2) is 11.4. The van der Waals surface area contributed by atoms with Crippen LogP contribution in [0.4, 0.5) is 5.69 Å². The average Bonchev–Trinajstić information content (AvgIpc) is 2.78. The van der Waals surface area contributed by atoms with Gasteiger partial charge in [0.05, 0.1) is 7.11 Å². The second-order valence-electron chi connectivity index (χ2n) is 7.20. The van der Waals surface area contributed by atoms with Crippen LogP contribution in [0.25, 0.3) is 0 Å². The summed E-state index contributed by atoms with van der Waals surface area (Å²) in [5, 5.41) is 7.00. The first-order valence-electron chi connectivity index (χ1n) is 10.2. The molecule has 0 aliphatic rings. The molecule has 0 aromatic heterocycles. The maximum Gasteiger partial charge on any atom is 0.262 e. The van der Waals surface area contributed by atoms with Gasteiger partial charge in [-0.3, -0.25) is 4.79 Å². The van der Waals surface area contributed by atoms with E-state index in [-0.39, 0.29) is 12.5 Å². The van der Waals surface area contributed by atoms with E-state index in [0.717, 1.165) is 34.8 Å². The predicted molar refractivity (Wildman–Crippen MR) is 125 cm³/mol. The lowest BCUT2D eigenvalue weighted by Gasteiger charge is -2.15. The number of carbonyl (C=O) groups is 1. The van der Waals surface area contributed by atoms with Crippen molar-refractivity contribution in [2.24, 2.45) is 0 Å². The Bertz CT molecular complexity index is 989. The van der Waals surface area contributed by atoms with Gasteiger partial charge in [0, 0.05) is 22.8 Å². The Labute approximate surface area is 188 Å². The van der Waals surface area contributed by atoms with Crippen LogP contribution < -0.4 is 20.1 Å². The number of nitrogens with one attached hydrogen (secondary N) is 2. The van der Waals surface area contributed by atoms with Crippen LogP contribution in [0, 0.1) is 6.92 Å². The largest absolute Gasteiger partial charge is 0.493 e. The molecule has 0 saturated heterocycles. The molecule has 3 aromatic carbocycles. The minimum absolute atomic E-state index is 0.105. The monoisotopic (exact) mass is 438 g/mol. The van der Waals surface area contributed by atoms with Crippen molar-refractivity contribution in [3.63, 3.8) is 0 Å². The summed E-state index contributed by atoms with van der Waals surface area (Å²) in [6, 6.07) is 21.2. The molecule has 3 rings (SSSR count). The molecule has 0 saturated carbocycles. The summed E-state index contributed by atoms with van der Waals surface area (Å²) in [6.45, 7) is 3.29. The van der Waals surface area contributed by atoms with Crippen LogP contribution >= 0.6 is 11.6 Å². The summed E-state index contributed by atoms with van der Waals surface area (Å²) in [6.07, 6.45) is 0.885. The van der Waals surface area contributed by atoms with Crippen molar-refractivity contribution >= 4 is 23.2 Å². The lowest BCUT2D eigenvalue weighted by atomic mass is 10.1. The van der Waals surface area contributed by atoms with E-state index in [2.05, 4.69) is 10.6 Å². The summed E-state index contributed by atoms with van der Waals surface area (Å²) < 4.78 is 11.3. The fraction of sp³-hybridized carbons (Fsp3) is 0.240. The van der Waals surface area contributed by atoms with Gasteiger partial charge in [-0.1, -0.05) is 53.6 Å². The van der Waals surface area contributed by atoms with Gasteiger partial charge in [0.25, 0.3) is 5.91 Å². The zero-order chi connectivity index (χ0) is 22.1. The molecule has 2 N–H and O–H groups in total. The summed E-state index contributed by atoms with van der Waals surface area (Å²) >= 11 is 5.93. The molecule has 0 aliphatic carbocycles. The molecule has 0 aliphatic heterocycles. The van der Waals surface area contributed by atoms with Gasteiger partial charge in [-0.05, 0) is 55.8 Å². The van der Waals surface area contributed by atoms with Gasteiger partial charge in [0.2, 0.25) is 0 Å². The molecular weight excluding hydrogens is 412 g/mol. The quantitative estimate of drug-likeness (QED) is 0.437. The lowest BCUT2D eigenvalue weighted by molar-refractivity contribution is -0.118. The van der Waals surface area contributed by atoms with Gasteiger partial charge in [0.15, 0.2) is 18.1 Å². The zero-order valence-electron chi connectivity index (χ0n) is 17.8. The number of benzene rings is 3. The highest BCUT2D eigenvalue weighted by Crippen LogP contribution is 2.31. The number of carbonyl (C=O) groups excluding carboxylic acids is 1. The number of rotatable bonds is 10. The van der Waals surface area contributed by atoms with Crippen molar-refractivity contribution in [1.29, 1.82) is 0 Å². The third kappa shape index (κ3) is 7.02. The maximum absolute atomic E-state index is 12.3. The fourth-order valence-electron chi connectivity index (χ4n) is 3.10. The number of amides is 1. The van der Waals surface area contributed by atoms with E-state index in [1.165, 1.54) is 5.56 Å². The molecule has 0 atom stereocenters.